The number of carboxylic acid groups (broad SMARTS) is 1. The van der Waals surface area contributed by atoms with Gasteiger partial charge in [-0.3, -0.25) is 4.98 Å². The van der Waals surface area contributed by atoms with Crippen LogP contribution in [0, 0.1) is 25.2 Å². The third kappa shape index (κ3) is 7.91. The highest BCUT2D eigenvalue weighted by atomic mass is 16.5. The second-order valence-corrected chi connectivity index (χ2v) is 16.3. The molecule has 1 unspecified atom stereocenters. The van der Waals surface area contributed by atoms with E-state index >= 15 is 0 Å². The van der Waals surface area contributed by atoms with E-state index in [1.807, 2.05) is 46.9 Å². The summed E-state index contributed by atoms with van der Waals surface area (Å²) in [6.07, 6.45) is 6.67. The zero-order valence-electron chi connectivity index (χ0n) is 31.1. The molecule has 0 radical (unpaired) electrons. The summed E-state index contributed by atoms with van der Waals surface area (Å²) in [6, 6.07) is 8.70. The maximum absolute atomic E-state index is 12.9. The molecule has 0 spiro atoms. The van der Waals surface area contributed by atoms with Crippen LogP contribution in [-0.4, -0.2) is 76.1 Å². The zero-order chi connectivity index (χ0) is 35.8. The van der Waals surface area contributed by atoms with Crippen LogP contribution in [0.5, 0.6) is 0 Å². The van der Waals surface area contributed by atoms with Crippen LogP contribution in [0.25, 0.3) is 11.1 Å². The summed E-state index contributed by atoms with van der Waals surface area (Å²) in [6.45, 7) is 19.7. The van der Waals surface area contributed by atoms with Gasteiger partial charge in [0.2, 0.25) is 5.95 Å². The number of carboxylic acids is 1. The molecule has 10 nitrogen and oxygen atoms in total. The minimum atomic E-state index is -1.14. The molecule has 3 aromatic rings. The number of aromatic nitrogens is 3. The lowest BCUT2D eigenvalue weighted by molar-refractivity contribution is -0.160. The number of piperidine rings is 2. The first kappa shape index (κ1) is 36.0. The van der Waals surface area contributed by atoms with E-state index in [-0.39, 0.29) is 12.0 Å². The molecule has 1 aromatic carbocycles. The average molecular weight is 685 g/mol. The van der Waals surface area contributed by atoms with Gasteiger partial charge in [0.1, 0.15) is 5.82 Å². The van der Waals surface area contributed by atoms with Gasteiger partial charge in [-0.1, -0.05) is 32.0 Å². The number of carbonyl (C=O) groups is 1. The SMILES string of the molecule is Cc1nc(C)c(C(OC(C)(C)C)C(=O)O)c(N2CCC(C)(C)CC2)c1-c1ccc2c(c1)CCN(c1nccc(N3CCC(CCO)CC3)n1)C2. The highest BCUT2D eigenvalue weighted by Crippen LogP contribution is 2.45. The van der Waals surface area contributed by atoms with Gasteiger partial charge >= 0.3 is 5.97 Å². The number of aliphatic hydroxyl groups is 1. The quantitative estimate of drug-likeness (QED) is 0.247. The van der Waals surface area contributed by atoms with Crippen LogP contribution in [-0.2, 0) is 22.5 Å². The molecular formula is C40H56N6O4. The molecule has 1 atom stereocenters. The fraction of sp³-hybridized carbons (Fsp3) is 0.600. The highest BCUT2D eigenvalue weighted by Gasteiger charge is 2.37. The molecule has 0 amide bonds. The molecule has 3 aliphatic rings. The van der Waals surface area contributed by atoms with Gasteiger partial charge in [-0.25, -0.2) is 9.78 Å². The topological polar surface area (TPSA) is 115 Å². The zero-order valence-corrected chi connectivity index (χ0v) is 31.1. The number of nitrogens with zero attached hydrogens (tertiary/aromatic N) is 6. The summed E-state index contributed by atoms with van der Waals surface area (Å²) < 4.78 is 6.28. The van der Waals surface area contributed by atoms with Crippen molar-refractivity contribution in [1.82, 2.24) is 15.0 Å². The average Bonchev–Trinajstić information content (AvgIpc) is 3.07. The maximum atomic E-state index is 12.9. The van der Waals surface area contributed by atoms with Crippen molar-refractivity contribution in [3.05, 3.63) is 58.5 Å². The number of fused-ring (bicyclic) bond motifs is 1. The van der Waals surface area contributed by atoms with Crippen LogP contribution in [0.15, 0.2) is 30.5 Å². The van der Waals surface area contributed by atoms with Crippen molar-refractivity contribution in [2.45, 2.75) is 105 Å². The Morgan fingerprint density at radius 1 is 0.960 bits per heavy atom. The normalized spacial score (nSPS) is 19.0. The Morgan fingerprint density at radius 3 is 2.34 bits per heavy atom. The number of anilines is 3. The molecule has 0 bridgehead atoms. The number of hydrogen-bond donors (Lipinski definition) is 2. The summed E-state index contributed by atoms with van der Waals surface area (Å²) in [5.74, 6) is 1.32. The number of ether oxygens (including phenoxy) is 1. The number of aliphatic carboxylic acids is 1. The molecule has 2 saturated heterocycles. The Labute approximate surface area is 297 Å². The second-order valence-electron chi connectivity index (χ2n) is 16.3. The predicted molar refractivity (Wildman–Crippen MR) is 199 cm³/mol. The van der Waals surface area contributed by atoms with Crippen LogP contribution in [0.3, 0.4) is 0 Å². The summed E-state index contributed by atoms with van der Waals surface area (Å²) in [5, 5.41) is 19.9. The van der Waals surface area contributed by atoms with Crippen molar-refractivity contribution in [1.29, 1.82) is 0 Å². The first-order valence-corrected chi connectivity index (χ1v) is 18.5. The molecular weight excluding hydrogens is 628 g/mol. The van der Waals surface area contributed by atoms with E-state index in [2.05, 4.69) is 51.7 Å². The highest BCUT2D eigenvalue weighted by molar-refractivity contribution is 5.88. The Morgan fingerprint density at radius 2 is 1.68 bits per heavy atom. The number of aryl methyl sites for hydroxylation is 2. The van der Waals surface area contributed by atoms with Gasteiger partial charge in [-0.05, 0) is 107 Å². The van der Waals surface area contributed by atoms with Gasteiger partial charge in [0.05, 0.1) is 11.3 Å². The lowest BCUT2D eigenvalue weighted by atomic mass is 9.81. The molecule has 10 heteroatoms. The van der Waals surface area contributed by atoms with Crippen LogP contribution < -0.4 is 14.7 Å². The van der Waals surface area contributed by atoms with Gasteiger partial charge in [-0.15, -0.1) is 0 Å². The van der Waals surface area contributed by atoms with E-state index in [9.17, 15) is 15.0 Å². The summed E-state index contributed by atoms with van der Waals surface area (Å²) in [5.41, 5.74) is 7.38. The lowest BCUT2D eigenvalue weighted by Crippen LogP contribution is -2.39. The van der Waals surface area contributed by atoms with Gasteiger partial charge in [0.15, 0.2) is 6.10 Å². The number of hydrogen-bond acceptors (Lipinski definition) is 9. The Balaban J connectivity index is 1.32. The van der Waals surface area contributed by atoms with Gasteiger partial charge in [0, 0.05) is 74.6 Å². The van der Waals surface area contributed by atoms with Gasteiger partial charge < -0.3 is 29.6 Å². The van der Waals surface area contributed by atoms with Crippen molar-refractivity contribution in [3.8, 4) is 11.1 Å². The molecule has 5 heterocycles. The molecule has 2 N–H and O–H groups in total. The van der Waals surface area contributed by atoms with Crippen molar-refractivity contribution in [2.75, 3.05) is 54.0 Å². The maximum Gasteiger partial charge on any atom is 0.337 e. The molecule has 0 aliphatic carbocycles. The number of rotatable bonds is 9. The Kier molecular flexibility index (Phi) is 10.4. The van der Waals surface area contributed by atoms with Crippen LogP contribution >= 0.6 is 0 Å². The molecule has 2 aromatic heterocycles. The number of aliphatic hydroxyl groups excluding tert-OH is 1. The Bertz CT molecular complexity index is 1680. The Hall–Kier alpha value is -3.76. The largest absolute Gasteiger partial charge is 0.479 e. The van der Waals surface area contributed by atoms with Gasteiger partial charge in [0.25, 0.3) is 0 Å². The van der Waals surface area contributed by atoms with Crippen molar-refractivity contribution in [2.24, 2.45) is 11.3 Å². The second kappa shape index (κ2) is 14.5. The minimum absolute atomic E-state index is 0.236. The number of benzene rings is 1. The standard InChI is InChI=1S/C40H56N6O4/c1-26-33(35(45-21-15-40(6,7)16-22-45)34(27(2)42-26)36(37(48)49)50-39(3,4)5)30-8-9-31-25-46(20-13-29(31)24-30)38-41-17-10-32(43-38)44-18-11-28(12-19-44)14-23-47/h8-10,17,24,28,36,47H,11-16,18-23,25H2,1-7H3,(H,48,49). The van der Waals surface area contributed by atoms with E-state index < -0.39 is 17.7 Å². The van der Waals surface area contributed by atoms with Gasteiger partial charge in [-0.2, -0.15) is 4.98 Å². The summed E-state index contributed by atoms with van der Waals surface area (Å²) in [4.78, 5) is 34.6. The van der Waals surface area contributed by atoms with Crippen molar-refractivity contribution in [3.63, 3.8) is 0 Å². The fourth-order valence-corrected chi connectivity index (χ4v) is 7.94. The van der Waals surface area contributed by atoms with Crippen molar-refractivity contribution < 1.29 is 19.7 Å². The predicted octanol–water partition coefficient (Wildman–Crippen LogP) is 6.88. The fourth-order valence-electron chi connectivity index (χ4n) is 7.94. The molecule has 0 saturated carbocycles. The first-order chi connectivity index (χ1) is 23.7. The number of pyridine rings is 1. The molecule has 6 rings (SSSR count). The molecule has 50 heavy (non-hydrogen) atoms. The third-order valence-corrected chi connectivity index (χ3v) is 10.9. The molecule has 270 valence electrons. The van der Waals surface area contributed by atoms with E-state index in [0.29, 0.717) is 17.2 Å². The van der Waals surface area contributed by atoms with E-state index in [4.69, 9.17) is 14.7 Å². The van der Waals surface area contributed by atoms with Crippen LogP contribution in [0.1, 0.15) is 101 Å². The van der Waals surface area contributed by atoms with Crippen LogP contribution in [0.2, 0.25) is 0 Å². The van der Waals surface area contributed by atoms with E-state index in [0.717, 1.165) is 112 Å². The summed E-state index contributed by atoms with van der Waals surface area (Å²) >= 11 is 0. The molecule has 2 fully saturated rings. The summed E-state index contributed by atoms with van der Waals surface area (Å²) in [7, 11) is 0. The van der Waals surface area contributed by atoms with Crippen molar-refractivity contribution >= 4 is 23.4 Å². The van der Waals surface area contributed by atoms with Crippen LogP contribution in [0.4, 0.5) is 17.5 Å². The smallest absolute Gasteiger partial charge is 0.337 e. The molecule has 3 aliphatic heterocycles. The van der Waals surface area contributed by atoms with E-state index in [1.54, 1.807) is 0 Å². The third-order valence-electron chi connectivity index (χ3n) is 10.9. The monoisotopic (exact) mass is 684 g/mol. The minimum Gasteiger partial charge on any atom is -0.479 e. The van der Waals surface area contributed by atoms with E-state index in [1.165, 1.54) is 11.1 Å². The lowest BCUT2D eigenvalue weighted by Gasteiger charge is -2.41. The first-order valence-electron chi connectivity index (χ1n) is 18.5.